The van der Waals surface area contributed by atoms with E-state index in [9.17, 15) is 14.7 Å². The van der Waals surface area contributed by atoms with Crippen molar-refractivity contribution in [2.75, 3.05) is 13.2 Å². The first-order valence-electron chi connectivity index (χ1n) is 9.12. The number of likely N-dealkylation sites (tertiary alicyclic amines) is 1. The van der Waals surface area contributed by atoms with Gasteiger partial charge in [-0.2, -0.15) is 0 Å². The molecule has 0 aliphatic carbocycles. The van der Waals surface area contributed by atoms with Crippen LogP contribution < -0.4 is 0 Å². The summed E-state index contributed by atoms with van der Waals surface area (Å²) in [5.41, 5.74) is 1.14. The molecule has 3 heterocycles. The molecule has 2 atom stereocenters. The number of ketones is 1. The maximum absolute atomic E-state index is 12.9. The highest BCUT2D eigenvalue weighted by Gasteiger charge is 2.47. The monoisotopic (exact) mass is 398 g/mol. The van der Waals surface area contributed by atoms with Crippen molar-refractivity contribution in [3.63, 3.8) is 0 Å². The lowest BCUT2D eigenvalue weighted by Crippen LogP contribution is -2.36. The minimum absolute atomic E-state index is 0.0540. The molecule has 2 aromatic rings. The summed E-state index contributed by atoms with van der Waals surface area (Å²) in [6.45, 7) is 0.943. The van der Waals surface area contributed by atoms with Gasteiger partial charge in [0.25, 0.3) is 11.7 Å². The molecule has 2 aliphatic rings. The van der Waals surface area contributed by atoms with Gasteiger partial charge < -0.3 is 14.7 Å². The van der Waals surface area contributed by atoms with Crippen LogP contribution in [0.3, 0.4) is 0 Å². The Labute approximate surface area is 167 Å². The number of halogens is 1. The number of aromatic nitrogens is 1. The molecule has 0 bridgehead atoms. The van der Waals surface area contributed by atoms with E-state index in [2.05, 4.69) is 4.98 Å². The number of amides is 1. The summed E-state index contributed by atoms with van der Waals surface area (Å²) >= 11 is 5.92. The normalized spacial score (nSPS) is 24.1. The van der Waals surface area contributed by atoms with Gasteiger partial charge in [-0.15, -0.1) is 0 Å². The molecule has 6 nitrogen and oxygen atoms in total. The van der Waals surface area contributed by atoms with Gasteiger partial charge in [-0.25, -0.2) is 0 Å². The van der Waals surface area contributed by atoms with E-state index >= 15 is 0 Å². The molecule has 2 aliphatic heterocycles. The van der Waals surface area contributed by atoms with Gasteiger partial charge in [-0.3, -0.25) is 14.6 Å². The number of aliphatic hydroxyl groups is 1. The van der Waals surface area contributed by atoms with Crippen LogP contribution in [0, 0.1) is 0 Å². The van der Waals surface area contributed by atoms with Gasteiger partial charge >= 0.3 is 0 Å². The zero-order valence-corrected chi connectivity index (χ0v) is 15.8. The largest absolute Gasteiger partial charge is 0.507 e. The Morgan fingerprint density at radius 2 is 2.04 bits per heavy atom. The number of carbonyl (C=O) groups is 2. The molecule has 2 saturated heterocycles. The van der Waals surface area contributed by atoms with Crippen molar-refractivity contribution >= 4 is 29.1 Å². The lowest BCUT2D eigenvalue weighted by molar-refractivity contribution is -0.140. The van der Waals surface area contributed by atoms with E-state index in [-0.39, 0.29) is 17.4 Å². The predicted octanol–water partition coefficient (Wildman–Crippen LogP) is 3.34. The molecule has 1 aromatic carbocycles. The second-order valence-electron chi connectivity index (χ2n) is 6.88. The third-order valence-corrected chi connectivity index (χ3v) is 5.33. The lowest BCUT2D eigenvalue weighted by atomic mass is 9.96. The molecule has 28 heavy (non-hydrogen) atoms. The highest BCUT2D eigenvalue weighted by molar-refractivity contribution is 6.46. The van der Waals surface area contributed by atoms with E-state index in [1.54, 1.807) is 48.8 Å². The third-order valence-electron chi connectivity index (χ3n) is 5.08. The topological polar surface area (TPSA) is 79.7 Å². The number of hydrogen-bond acceptors (Lipinski definition) is 5. The molecule has 7 heteroatoms. The number of Topliss-reactive ketones (excluding diaryl/α,β-unsaturated/α-hetero) is 1. The molecule has 2 fully saturated rings. The quantitative estimate of drug-likeness (QED) is 0.485. The van der Waals surface area contributed by atoms with Gasteiger partial charge in [0.05, 0.1) is 17.7 Å². The van der Waals surface area contributed by atoms with Crippen molar-refractivity contribution < 1.29 is 19.4 Å². The molecule has 1 N–H and O–H groups in total. The molecule has 4 rings (SSSR count). The van der Waals surface area contributed by atoms with Gasteiger partial charge in [0.1, 0.15) is 5.76 Å². The Bertz CT molecular complexity index is 921. The number of carbonyl (C=O) groups excluding carboxylic acids is 2. The van der Waals surface area contributed by atoms with Gasteiger partial charge in [0.2, 0.25) is 0 Å². The van der Waals surface area contributed by atoms with Crippen LogP contribution in [-0.4, -0.2) is 45.9 Å². The fourth-order valence-corrected chi connectivity index (χ4v) is 3.85. The number of nitrogens with zero attached hydrogens (tertiary/aromatic N) is 2. The van der Waals surface area contributed by atoms with Crippen LogP contribution >= 0.6 is 11.6 Å². The van der Waals surface area contributed by atoms with Crippen molar-refractivity contribution in [3.8, 4) is 0 Å². The van der Waals surface area contributed by atoms with Crippen LogP contribution in [0.2, 0.25) is 5.02 Å². The van der Waals surface area contributed by atoms with Gasteiger partial charge in [-0.1, -0.05) is 17.7 Å². The van der Waals surface area contributed by atoms with Crippen LogP contribution in [0.4, 0.5) is 0 Å². The second kappa shape index (κ2) is 7.73. The predicted molar refractivity (Wildman–Crippen MR) is 104 cm³/mol. The fourth-order valence-electron chi connectivity index (χ4n) is 3.72. The summed E-state index contributed by atoms with van der Waals surface area (Å²) in [5, 5.41) is 11.4. The number of rotatable bonds is 4. The molecular formula is C21H19ClN2O4. The SMILES string of the molecule is O=C1C(=O)N(C[C@H]2CCCO2)[C@H](c2cccnc2)C1=C(O)c1ccc(Cl)cc1. The summed E-state index contributed by atoms with van der Waals surface area (Å²) in [4.78, 5) is 31.3. The van der Waals surface area contributed by atoms with Gasteiger partial charge in [-0.05, 0) is 48.7 Å². The minimum atomic E-state index is -0.714. The maximum atomic E-state index is 12.9. The Balaban J connectivity index is 1.80. The highest BCUT2D eigenvalue weighted by atomic mass is 35.5. The smallest absolute Gasteiger partial charge is 0.295 e. The van der Waals surface area contributed by atoms with Crippen molar-refractivity contribution in [2.45, 2.75) is 25.0 Å². The summed E-state index contributed by atoms with van der Waals surface area (Å²) in [6, 6.07) is 9.30. The number of benzene rings is 1. The first-order chi connectivity index (χ1) is 13.6. The van der Waals surface area contributed by atoms with Crippen molar-refractivity contribution in [3.05, 3.63) is 70.5 Å². The average Bonchev–Trinajstić information content (AvgIpc) is 3.31. The lowest BCUT2D eigenvalue weighted by Gasteiger charge is -2.27. The van der Waals surface area contributed by atoms with E-state index in [4.69, 9.17) is 16.3 Å². The number of aliphatic hydroxyl groups excluding tert-OH is 1. The number of pyridine rings is 1. The standard InChI is InChI=1S/C21H19ClN2O4/c22-15-7-5-13(6-8-15)19(25)17-18(14-3-1-9-23-11-14)24(21(27)20(17)26)12-16-4-2-10-28-16/h1,3,5-9,11,16,18,25H,2,4,10,12H2/t16-,18-/m1/s1. The van der Waals surface area contributed by atoms with Crippen molar-refractivity contribution in [1.82, 2.24) is 9.88 Å². The summed E-state index contributed by atoms with van der Waals surface area (Å²) in [7, 11) is 0. The molecule has 0 unspecified atom stereocenters. The molecule has 1 aromatic heterocycles. The van der Waals surface area contributed by atoms with E-state index in [0.29, 0.717) is 29.3 Å². The Morgan fingerprint density at radius 3 is 2.68 bits per heavy atom. The molecule has 0 spiro atoms. The summed E-state index contributed by atoms with van der Waals surface area (Å²) in [6.07, 6.45) is 4.87. The molecule has 0 radical (unpaired) electrons. The first kappa shape index (κ1) is 18.7. The third kappa shape index (κ3) is 3.41. The molecule has 0 saturated carbocycles. The summed E-state index contributed by atoms with van der Waals surface area (Å²) < 4.78 is 5.66. The highest BCUT2D eigenvalue weighted by Crippen LogP contribution is 2.39. The van der Waals surface area contributed by atoms with Gasteiger partial charge in [0, 0.05) is 36.1 Å². The van der Waals surface area contributed by atoms with E-state index < -0.39 is 17.7 Å². The number of hydrogen-bond donors (Lipinski definition) is 1. The molecule has 1 amide bonds. The second-order valence-corrected chi connectivity index (χ2v) is 7.32. The van der Waals surface area contributed by atoms with Crippen molar-refractivity contribution in [1.29, 1.82) is 0 Å². The van der Waals surface area contributed by atoms with Crippen LogP contribution in [0.15, 0.2) is 54.4 Å². The van der Waals surface area contributed by atoms with Crippen molar-refractivity contribution in [2.24, 2.45) is 0 Å². The Morgan fingerprint density at radius 1 is 1.25 bits per heavy atom. The van der Waals surface area contributed by atoms with Crippen LogP contribution in [-0.2, 0) is 14.3 Å². The van der Waals surface area contributed by atoms with E-state index in [0.717, 1.165) is 12.8 Å². The summed E-state index contributed by atoms with van der Waals surface area (Å²) in [5.74, 6) is -1.57. The van der Waals surface area contributed by atoms with Crippen LogP contribution in [0.5, 0.6) is 0 Å². The van der Waals surface area contributed by atoms with E-state index in [1.165, 1.54) is 4.90 Å². The first-order valence-corrected chi connectivity index (χ1v) is 9.50. The fraction of sp³-hybridized carbons (Fsp3) is 0.286. The molecular weight excluding hydrogens is 380 g/mol. The zero-order chi connectivity index (χ0) is 19.7. The van der Waals surface area contributed by atoms with E-state index in [1.807, 2.05) is 0 Å². The Hall–Kier alpha value is -2.70. The van der Waals surface area contributed by atoms with Crippen LogP contribution in [0.25, 0.3) is 5.76 Å². The number of ether oxygens (including phenoxy) is 1. The minimum Gasteiger partial charge on any atom is -0.507 e. The Kier molecular flexibility index (Phi) is 5.15. The average molecular weight is 399 g/mol. The maximum Gasteiger partial charge on any atom is 0.295 e. The van der Waals surface area contributed by atoms with Crippen LogP contribution in [0.1, 0.15) is 30.0 Å². The van der Waals surface area contributed by atoms with Gasteiger partial charge in [0.15, 0.2) is 0 Å². The molecule has 144 valence electrons. The zero-order valence-electron chi connectivity index (χ0n) is 15.0.